The molecular weight excluding hydrogens is 402 g/mol. The van der Waals surface area contributed by atoms with E-state index in [0.29, 0.717) is 24.4 Å². The third-order valence-corrected chi connectivity index (χ3v) is 5.34. The van der Waals surface area contributed by atoms with E-state index in [0.717, 1.165) is 51.9 Å². The van der Waals surface area contributed by atoms with Crippen LogP contribution in [-0.4, -0.2) is 48.2 Å². The summed E-state index contributed by atoms with van der Waals surface area (Å²) in [4.78, 5) is 15.3. The van der Waals surface area contributed by atoms with Crippen molar-refractivity contribution in [3.8, 4) is 11.4 Å². The smallest absolute Gasteiger partial charge is 0.316 e. The van der Waals surface area contributed by atoms with Crippen LogP contribution in [0.1, 0.15) is 46.0 Å². The van der Waals surface area contributed by atoms with E-state index in [2.05, 4.69) is 15.3 Å². The molecule has 1 aliphatic heterocycles. The molecule has 0 radical (unpaired) electrons. The van der Waals surface area contributed by atoms with Gasteiger partial charge >= 0.3 is 5.56 Å². The Morgan fingerprint density at radius 3 is 2.61 bits per heavy atom. The van der Waals surface area contributed by atoms with Gasteiger partial charge in [-0.3, -0.25) is 4.79 Å². The molecule has 3 rings (SSSR count). The highest BCUT2D eigenvalue weighted by molar-refractivity contribution is 5.57. The molecular formula is C23H32F2N4O2. The van der Waals surface area contributed by atoms with Crippen LogP contribution >= 0.6 is 0 Å². The summed E-state index contributed by atoms with van der Waals surface area (Å²) in [7, 11) is 0. The van der Waals surface area contributed by atoms with Crippen LogP contribution < -0.4 is 20.5 Å². The second kappa shape index (κ2) is 10.7. The molecule has 1 saturated heterocycles. The predicted molar refractivity (Wildman–Crippen MR) is 119 cm³/mol. The van der Waals surface area contributed by atoms with Crippen LogP contribution in [0.15, 0.2) is 35.3 Å². The van der Waals surface area contributed by atoms with Gasteiger partial charge in [-0.15, -0.1) is 0 Å². The molecule has 0 aliphatic carbocycles. The number of hydrogen-bond acceptors (Lipinski definition) is 5. The lowest BCUT2D eigenvalue weighted by Crippen LogP contribution is -2.44. The molecule has 0 spiro atoms. The molecule has 1 N–H and O–H groups in total. The zero-order valence-electron chi connectivity index (χ0n) is 18.4. The lowest BCUT2D eigenvalue weighted by molar-refractivity contribution is 0.194. The van der Waals surface area contributed by atoms with E-state index in [1.165, 1.54) is 16.8 Å². The standard InChI is InChI=1S/C23H32F2N4O2/c1-23(2,25)10-5-3-4-6-15-31-21-20(28-13-11-26-12-14-28)17-27-29(22(21)30)19-9-7-8-18(24)16-19/h7-9,16-17,26H,3-6,10-15H2,1-2H3. The van der Waals surface area contributed by atoms with Gasteiger partial charge in [0.25, 0.3) is 0 Å². The molecule has 0 bridgehead atoms. The summed E-state index contributed by atoms with van der Waals surface area (Å²) in [5, 5.41) is 7.57. The number of alkyl halides is 1. The molecule has 0 unspecified atom stereocenters. The van der Waals surface area contributed by atoms with Crippen LogP contribution in [0, 0.1) is 5.82 Å². The molecule has 6 nitrogen and oxygen atoms in total. The number of piperazine rings is 1. The molecule has 0 atom stereocenters. The van der Waals surface area contributed by atoms with E-state index in [1.807, 2.05) is 0 Å². The molecule has 1 aliphatic rings. The van der Waals surface area contributed by atoms with Gasteiger partial charge in [0, 0.05) is 26.2 Å². The minimum absolute atomic E-state index is 0.242. The summed E-state index contributed by atoms with van der Waals surface area (Å²) in [5.41, 5.74) is -0.511. The van der Waals surface area contributed by atoms with E-state index in [4.69, 9.17) is 4.74 Å². The summed E-state index contributed by atoms with van der Waals surface area (Å²) in [6, 6.07) is 5.78. The molecule has 1 fully saturated rings. The number of anilines is 1. The molecule has 170 valence electrons. The molecule has 0 saturated carbocycles. The third-order valence-electron chi connectivity index (χ3n) is 5.34. The fraction of sp³-hybridized carbons (Fsp3) is 0.565. The van der Waals surface area contributed by atoms with Crippen molar-refractivity contribution in [3.05, 3.63) is 46.6 Å². The first-order valence-corrected chi connectivity index (χ1v) is 11.0. The molecule has 8 heteroatoms. The maximum atomic E-state index is 13.7. The van der Waals surface area contributed by atoms with Gasteiger partial charge in [0.15, 0.2) is 0 Å². The Kier molecular flexibility index (Phi) is 8.01. The fourth-order valence-corrected chi connectivity index (χ4v) is 3.66. The van der Waals surface area contributed by atoms with E-state index >= 15 is 0 Å². The third kappa shape index (κ3) is 6.75. The maximum absolute atomic E-state index is 13.7. The highest BCUT2D eigenvalue weighted by atomic mass is 19.1. The Labute approximate surface area is 182 Å². The summed E-state index contributed by atoms with van der Waals surface area (Å²) in [5.74, 6) is -0.192. The number of unbranched alkanes of at least 4 members (excludes halogenated alkanes) is 3. The van der Waals surface area contributed by atoms with Crippen LogP contribution in [0.2, 0.25) is 0 Å². The van der Waals surface area contributed by atoms with Gasteiger partial charge in [-0.25, -0.2) is 8.78 Å². The van der Waals surface area contributed by atoms with Crippen LogP contribution in [0.5, 0.6) is 5.75 Å². The minimum atomic E-state index is -1.13. The van der Waals surface area contributed by atoms with Crippen molar-refractivity contribution in [2.45, 2.75) is 51.6 Å². The average Bonchev–Trinajstić information content (AvgIpc) is 2.73. The van der Waals surface area contributed by atoms with E-state index in [-0.39, 0.29) is 5.75 Å². The summed E-state index contributed by atoms with van der Waals surface area (Å²) in [6.45, 7) is 6.72. The fourth-order valence-electron chi connectivity index (χ4n) is 3.66. The molecule has 2 heterocycles. The van der Waals surface area contributed by atoms with E-state index < -0.39 is 17.0 Å². The van der Waals surface area contributed by atoms with Crippen molar-refractivity contribution in [1.82, 2.24) is 15.1 Å². The second-order valence-corrected chi connectivity index (χ2v) is 8.52. The van der Waals surface area contributed by atoms with Crippen LogP contribution in [0.4, 0.5) is 14.5 Å². The first-order chi connectivity index (χ1) is 14.8. The van der Waals surface area contributed by atoms with Gasteiger partial charge in [0.05, 0.1) is 18.5 Å². The minimum Gasteiger partial charge on any atom is -0.486 e. The van der Waals surface area contributed by atoms with E-state index in [9.17, 15) is 13.6 Å². The Morgan fingerprint density at radius 2 is 1.90 bits per heavy atom. The number of halogens is 2. The monoisotopic (exact) mass is 434 g/mol. The number of hydrogen-bond donors (Lipinski definition) is 1. The topological polar surface area (TPSA) is 59.4 Å². The number of nitrogens with one attached hydrogen (secondary N) is 1. The molecule has 2 aromatic rings. The average molecular weight is 435 g/mol. The van der Waals surface area contributed by atoms with Crippen molar-refractivity contribution in [2.24, 2.45) is 0 Å². The second-order valence-electron chi connectivity index (χ2n) is 8.52. The number of aromatic nitrogens is 2. The Bertz CT molecular complexity index is 905. The quantitative estimate of drug-likeness (QED) is 0.576. The Hall–Kier alpha value is -2.48. The van der Waals surface area contributed by atoms with Crippen LogP contribution in [0.25, 0.3) is 5.69 Å². The van der Waals surface area contributed by atoms with Gasteiger partial charge < -0.3 is 15.0 Å². The number of ether oxygens (including phenoxy) is 1. The van der Waals surface area contributed by atoms with Gasteiger partial charge in [0.2, 0.25) is 5.75 Å². The summed E-state index contributed by atoms with van der Waals surface area (Å²) >= 11 is 0. The van der Waals surface area contributed by atoms with Crippen molar-refractivity contribution >= 4 is 5.69 Å². The highest BCUT2D eigenvalue weighted by Gasteiger charge is 2.21. The van der Waals surface area contributed by atoms with Crippen molar-refractivity contribution < 1.29 is 13.5 Å². The first kappa shape index (κ1) is 23.2. The van der Waals surface area contributed by atoms with Crippen molar-refractivity contribution in [1.29, 1.82) is 0 Å². The molecule has 1 aromatic carbocycles. The van der Waals surface area contributed by atoms with Gasteiger partial charge in [-0.2, -0.15) is 9.78 Å². The van der Waals surface area contributed by atoms with Crippen molar-refractivity contribution in [2.75, 3.05) is 37.7 Å². The first-order valence-electron chi connectivity index (χ1n) is 11.0. The largest absolute Gasteiger partial charge is 0.486 e. The van der Waals surface area contributed by atoms with Crippen LogP contribution in [-0.2, 0) is 0 Å². The Balaban J connectivity index is 1.72. The molecule has 1 aromatic heterocycles. The van der Waals surface area contributed by atoms with Crippen molar-refractivity contribution in [3.63, 3.8) is 0 Å². The normalized spacial score (nSPS) is 14.6. The van der Waals surface area contributed by atoms with Gasteiger partial charge in [-0.1, -0.05) is 25.3 Å². The summed E-state index contributed by atoms with van der Waals surface area (Å²) < 4.78 is 34.4. The highest BCUT2D eigenvalue weighted by Crippen LogP contribution is 2.25. The summed E-state index contributed by atoms with van der Waals surface area (Å²) in [6.07, 6.45) is 5.60. The predicted octanol–water partition coefficient (Wildman–Crippen LogP) is 3.86. The SMILES string of the molecule is CC(C)(F)CCCCCCOc1c(N2CCNCC2)cnn(-c2cccc(F)c2)c1=O. The number of nitrogens with zero attached hydrogens (tertiary/aromatic N) is 3. The molecule has 31 heavy (non-hydrogen) atoms. The zero-order valence-corrected chi connectivity index (χ0v) is 18.4. The lowest BCUT2D eigenvalue weighted by Gasteiger charge is -2.30. The Morgan fingerprint density at radius 1 is 1.16 bits per heavy atom. The van der Waals surface area contributed by atoms with Crippen LogP contribution in [0.3, 0.4) is 0 Å². The molecule has 0 amide bonds. The van der Waals surface area contributed by atoms with E-state index in [1.54, 1.807) is 32.2 Å². The lowest BCUT2D eigenvalue weighted by atomic mass is 10.0. The zero-order chi connectivity index (χ0) is 22.3. The van der Waals surface area contributed by atoms with Gasteiger partial charge in [-0.05, 0) is 44.9 Å². The maximum Gasteiger partial charge on any atom is 0.316 e. The number of rotatable bonds is 10. The number of benzene rings is 1. The van der Waals surface area contributed by atoms with Gasteiger partial charge in [0.1, 0.15) is 17.2 Å².